The lowest BCUT2D eigenvalue weighted by Gasteiger charge is -2.32. The van der Waals surface area contributed by atoms with Gasteiger partial charge in [0, 0.05) is 45.0 Å². The molecule has 7 heteroatoms. The first-order valence-corrected chi connectivity index (χ1v) is 9.94. The summed E-state index contributed by atoms with van der Waals surface area (Å²) in [4.78, 5) is 31.5. The summed E-state index contributed by atoms with van der Waals surface area (Å²) in [7, 11) is 3.46. The van der Waals surface area contributed by atoms with E-state index in [2.05, 4.69) is 15.4 Å². The van der Waals surface area contributed by atoms with Crippen LogP contribution in [0.4, 0.5) is 0 Å². The molecule has 3 aromatic rings. The van der Waals surface area contributed by atoms with Crippen molar-refractivity contribution in [2.24, 2.45) is 13.0 Å². The third-order valence-corrected chi connectivity index (χ3v) is 5.62. The molecule has 1 aliphatic heterocycles. The normalized spacial score (nSPS) is 14.9. The van der Waals surface area contributed by atoms with Gasteiger partial charge >= 0.3 is 0 Å². The maximum atomic E-state index is 13.1. The fourth-order valence-corrected chi connectivity index (χ4v) is 4.07. The molecule has 3 heterocycles. The molecule has 1 aromatic carbocycles. The highest BCUT2D eigenvalue weighted by Crippen LogP contribution is 2.25. The lowest BCUT2D eigenvalue weighted by molar-refractivity contribution is 0.0692. The van der Waals surface area contributed by atoms with Crippen LogP contribution in [-0.2, 0) is 13.5 Å². The van der Waals surface area contributed by atoms with Gasteiger partial charge in [-0.25, -0.2) is 0 Å². The second kappa shape index (κ2) is 8.03. The Kier molecular flexibility index (Phi) is 5.29. The van der Waals surface area contributed by atoms with E-state index >= 15 is 0 Å². The number of nitrogens with zero attached hydrogens (tertiary/aromatic N) is 4. The minimum Gasteiger partial charge on any atom is -0.355 e. The molecule has 0 atom stereocenters. The summed E-state index contributed by atoms with van der Waals surface area (Å²) in [5.74, 6) is 0.337. The van der Waals surface area contributed by atoms with Gasteiger partial charge in [-0.05, 0) is 37.3 Å². The van der Waals surface area contributed by atoms with E-state index in [4.69, 9.17) is 0 Å². The highest BCUT2D eigenvalue weighted by atomic mass is 16.2. The van der Waals surface area contributed by atoms with E-state index in [1.54, 1.807) is 24.1 Å². The Morgan fingerprint density at radius 2 is 1.90 bits per heavy atom. The quantitative estimate of drug-likeness (QED) is 0.741. The molecule has 1 fully saturated rings. The molecule has 1 N–H and O–H groups in total. The molecule has 2 amide bonds. The predicted octanol–water partition coefficient (Wildman–Crippen LogP) is 2.42. The van der Waals surface area contributed by atoms with E-state index in [9.17, 15) is 9.59 Å². The van der Waals surface area contributed by atoms with Crippen LogP contribution in [0.5, 0.6) is 0 Å². The van der Waals surface area contributed by atoms with E-state index in [0.717, 1.165) is 35.9 Å². The highest BCUT2D eigenvalue weighted by molar-refractivity contribution is 6.05. The topological polar surface area (TPSA) is 80.1 Å². The number of hydrogen-bond donors (Lipinski definition) is 1. The number of piperidine rings is 1. The van der Waals surface area contributed by atoms with Crippen molar-refractivity contribution in [1.82, 2.24) is 25.0 Å². The molecule has 150 valence electrons. The molecule has 1 saturated heterocycles. The molecule has 0 spiro atoms. The van der Waals surface area contributed by atoms with Crippen molar-refractivity contribution in [3.8, 4) is 0 Å². The molecule has 0 saturated carbocycles. The summed E-state index contributed by atoms with van der Waals surface area (Å²) < 4.78 is 1.69. The van der Waals surface area contributed by atoms with Crippen molar-refractivity contribution in [3.05, 3.63) is 59.5 Å². The van der Waals surface area contributed by atoms with Gasteiger partial charge in [-0.1, -0.05) is 18.2 Å². The first-order valence-electron chi connectivity index (χ1n) is 9.94. The number of benzene rings is 1. The number of pyridine rings is 1. The lowest BCUT2D eigenvalue weighted by atomic mass is 9.90. The predicted molar refractivity (Wildman–Crippen MR) is 111 cm³/mol. The van der Waals surface area contributed by atoms with Gasteiger partial charge in [-0.3, -0.25) is 19.3 Å². The van der Waals surface area contributed by atoms with Crippen LogP contribution in [0, 0.1) is 5.92 Å². The van der Waals surface area contributed by atoms with Gasteiger partial charge < -0.3 is 10.2 Å². The second-order valence-corrected chi connectivity index (χ2v) is 7.56. The van der Waals surface area contributed by atoms with E-state index in [0.29, 0.717) is 30.1 Å². The van der Waals surface area contributed by atoms with Crippen LogP contribution >= 0.6 is 0 Å². The largest absolute Gasteiger partial charge is 0.355 e. The average molecular weight is 391 g/mol. The molecule has 4 rings (SSSR count). The minimum atomic E-state index is -0.107. The Labute approximate surface area is 169 Å². The number of rotatable bonds is 4. The SMILES string of the molecule is CNC(=O)c1cn(C)nc1CC1CCN(C(=O)c2cccc3cccnc23)CC1. The smallest absolute Gasteiger partial charge is 0.256 e. The van der Waals surface area contributed by atoms with Gasteiger partial charge in [0.1, 0.15) is 0 Å². The van der Waals surface area contributed by atoms with E-state index < -0.39 is 0 Å². The van der Waals surface area contributed by atoms with Gasteiger partial charge in [-0.15, -0.1) is 0 Å². The van der Waals surface area contributed by atoms with Crippen LogP contribution in [0.1, 0.15) is 39.3 Å². The molecule has 7 nitrogen and oxygen atoms in total. The maximum absolute atomic E-state index is 13.1. The molecular formula is C22H25N5O2. The van der Waals surface area contributed by atoms with Crippen LogP contribution in [-0.4, -0.2) is 51.6 Å². The van der Waals surface area contributed by atoms with E-state index in [-0.39, 0.29) is 11.8 Å². The van der Waals surface area contributed by atoms with Gasteiger partial charge in [0.05, 0.1) is 22.3 Å². The number of carbonyl (C=O) groups is 2. The zero-order chi connectivity index (χ0) is 20.4. The summed E-state index contributed by atoms with van der Waals surface area (Å²) in [6, 6.07) is 9.59. The molecule has 1 aliphatic rings. The van der Waals surface area contributed by atoms with Gasteiger partial charge in [0.2, 0.25) is 0 Å². The first-order chi connectivity index (χ1) is 14.1. The Hall–Kier alpha value is -3.22. The maximum Gasteiger partial charge on any atom is 0.256 e. The van der Waals surface area contributed by atoms with Crippen molar-refractivity contribution in [1.29, 1.82) is 0 Å². The van der Waals surface area contributed by atoms with Crippen molar-refractivity contribution in [3.63, 3.8) is 0 Å². The van der Waals surface area contributed by atoms with Gasteiger partial charge in [-0.2, -0.15) is 5.10 Å². The Balaban J connectivity index is 1.43. The first kappa shape index (κ1) is 19.1. The number of aromatic nitrogens is 3. The zero-order valence-corrected chi connectivity index (χ0v) is 16.8. The summed E-state index contributed by atoms with van der Waals surface area (Å²) in [5.41, 5.74) is 2.88. The standard InChI is InChI=1S/C22H25N5O2/c1-23-21(28)18-14-26(2)25-19(18)13-15-8-11-27(12-9-15)22(29)17-7-3-5-16-6-4-10-24-20(16)17/h3-7,10,14-15H,8-9,11-13H2,1-2H3,(H,23,28). The number of para-hydroxylation sites is 1. The molecule has 0 aliphatic carbocycles. The van der Waals surface area contributed by atoms with Crippen molar-refractivity contribution >= 4 is 22.7 Å². The van der Waals surface area contributed by atoms with Crippen LogP contribution in [0.25, 0.3) is 10.9 Å². The van der Waals surface area contributed by atoms with Gasteiger partial charge in [0.15, 0.2) is 0 Å². The summed E-state index contributed by atoms with van der Waals surface area (Å²) in [6.07, 6.45) is 6.03. The fraction of sp³-hybridized carbons (Fsp3) is 0.364. The summed E-state index contributed by atoms with van der Waals surface area (Å²) >= 11 is 0. The van der Waals surface area contributed by atoms with Gasteiger partial charge in [0.25, 0.3) is 11.8 Å². The van der Waals surface area contributed by atoms with Crippen molar-refractivity contribution < 1.29 is 9.59 Å². The van der Waals surface area contributed by atoms with Crippen LogP contribution in [0.3, 0.4) is 0 Å². The van der Waals surface area contributed by atoms with Crippen molar-refractivity contribution in [2.75, 3.05) is 20.1 Å². The number of fused-ring (bicyclic) bond motifs is 1. The summed E-state index contributed by atoms with van der Waals surface area (Å²) in [5, 5.41) is 8.13. The third-order valence-electron chi connectivity index (χ3n) is 5.62. The number of likely N-dealkylation sites (tertiary alicyclic amines) is 1. The number of amides is 2. The fourth-order valence-electron chi connectivity index (χ4n) is 4.07. The Morgan fingerprint density at radius 1 is 1.14 bits per heavy atom. The number of nitrogens with one attached hydrogen (secondary N) is 1. The van der Waals surface area contributed by atoms with Crippen LogP contribution < -0.4 is 5.32 Å². The Bertz CT molecular complexity index is 1050. The van der Waals surface area contributed by atoms with E-state index in [1.165, 1.54) is 0 Å². The molecule has 0 radical (unpaired) electrons. The molecule has 0 unspecified atom stereocenters. The lowest BCUT2D eigenvalue weighted by Crippen LogP contribution is -2.39. The average Bonchev–Trinajstić information content (AvgIpc) is 3.12. The number of hydrogen-bond acceptors (Lipinski definition) is 4. The zero-order valence-electron chi connectivity index (χ0n) is 16.8. The van der Waals surface area contributed by atoms with Crippen LogP contribution in [0.15, 0.2) is 42.7 Å². The van der Waals surface area contributed by atoms with E-state index in [1.807, 2.05) is 42.3 Å². The molecule has 2 aromatic heterocycles. The number of aryl methyl sites for hydroxylation is 1. The highest BCUT2D eigenvalue weighted by Gasteiger charge is 2.27. The Morgan fingerprint density at radius 3 is 2.66 bits per heavy atom. The minimum absolute atomic E-state index is 0.0386. The monoisotopic (exact) mass is 391 g/mol. The molecular weight excluding hydrogens is 366 g/mol. The summed E-state index contributed by atoms with van der Waals surface area (Å²) in [6.45, 7) is 1.41. The third kappa shape index (κ3) is 3.85. The molecule has 0 bridgehead atoms. The number of carbonyl (C=O) groups excluding carboxylic acids is 2. The van der Waals surface area contributed by atoms with Crippen LogP contribution in [0.2, 0.25) is 0 Å². The van der Waals surface area contributed by atoms with Crippen molar-refractivity contribution in [2.45, 2.75) is 19.3 Å². The molecule has 29 heavy (non-hydrogen) atoms. The second-order valence-electron chi connectivity index (χ2n) is 7.56.